The normalized spacial score (nSPS) is 26.2. The van der Waals surface area contributed by atoms with Gasteiger partial charge in [-0.1, -0.05) is 0 Å². The van der Waals surface area contributed by atoms with Crippen molar-refractivity contribution in [2.45, 2.75) is 12.8 Å². The highest BCUT2D eigenvalue weighted by atomic mass is 32.2. The van der Waals surface area contributed by atoms with Crippen LogP contribution in [0.25, 0.3) is 0 Å². The van der Waals surface area contributed by atoms with Crippen LogP contribution in [0.15, 0.2) is 0 Å². The number of nitrogens with zero attached hydrogens (tertiary/aromatic N) is 2. The molecule has 0 amide bonds. The van der Waals surface area contributed by atoms with Crippen molar-refractivity contribution in [1.29, 1.82) is 0 Å². The van der Waals surface area contributed by atoms with E-state index in [2.05, 4.69) is 26.9 Å². The molecule has 0 spiro atoms. The second-order valence-corrected chi connectivity index (χ2v) is 5.98. The molecule has 0 bridgehead atoms. The minimum Gasteiger partial charge on any atom is -0.315 e. The van der Waals surface area contributed by atoms with Crippen LogP contribution in [0.4, 0.5) is 0 Å². The largest absolute Gasteiger partial charge is 0.315 e. The molecule has 0 aromatic carbocycles. The first kappa shape index (κ1) is 12.7. The molecule has 0 atom stereocenters. The molecule has 0 aromatic heterocycles. The molecule has 2 saturated heterocycles. The average molecular weight is 243 g/mol. The lowest BCUT2D eigenvalue weighted by Crippen LogP contribution is -2.37. The Bertz CT molecular complexity index is 153. The fourth-order valence-electron chi connectivity index (χ4n) is 2.43. The maximum absolute atomic E-state index is 3.47. The molecule has 2 heterocycles. The second kappa shape index (κ2) is 7.54. The molecule has 3 nitrogen and oxygen atoms in total. The number of hydrogen-bond acceptors (Lipinski definition) is 4. The van der Waals surface area contributed by atoms with Crippen molar-refractivity contribution >= 4 is 11.8 Å². The van der Waals surface area contributed by atoms with E-state index in [1.165, 1.54) is 76.7 Å². The molecule has 0 aliphatic carbocycles. The van der Waals surface area contributed by atoms with Gasteiger partial charge in [0.1, 0.15) is 0 Å². The molecule has 0 unspecified atom stereocenters. The number of hydrogen-bond donors (Lipinski definition) is 1. The van der Waals surface area contributed by atoms with E-state index in [1.807, 2.05) is 0 Å². The Hall–Kier alpha value is 0.230. The van der Waals surface area contributed by atoms with Crippen LogP contribution >= 0.6 is 11.8 Å². The Morgan fingerprint density at radius 1 is 0.812 bits per heavy atom. The Morgan fingerprint density at radius 2 is 1.62 bits per heavy atom. The molecule has 1 N–H and O–H groups in total. The summed E-state index contributed by atoms with van der Waals surface area (Å²) in [4.78, 5) is 5.27. The summed E-state index contributed by atoms with van der Waals surface area (Å²) in [5.74, 6) is 2.70. The molecule has 94 valence electrons. The zero-order valence-corrected chi connectivity index (χ0v) is 11.1. The topological polar surface area (TPSA) is 18.5 Å². The van der Waals surface area contributed by atoms with Gasteiger partial charge in [0.25, 0.3) is 0 Å². The highest BCUT2D eigenvalue weighted by Gasteiger charge is 2.12. The Morgan fingerprint density at radius 3 is 2.56 bits per heavy atom. The number of thioether (sulfide) groups is 1. The lowest BCUT2D eigenvalue weighted by molar-refractivity contribution is 0.219. The fraction of sp³-hybridized carbons (Fsp3) is 1.00. The van der Waals surface area contributed by atoms with Crippen molar-refractivity contribution in [3.8, 4) is 0 Å². The summed E-state index contributed by atoms with van der Waals surface area (Å²) < 4.78 is 0. The van der Waals surface area contributed by atoms with Gasteiger partial charge in [-0.15, -0.1) is 0 Å². The third kappa shape index (κ3) is 4.62. The first-order valence-corrected chi connectivity index (χ1v) is 7.84. The van der Waals surface area contributed by atoms with Gasteiger partial charge in [-0.25, -0.2) is 0 Å². The highest BCUT2D eigenvalue weighted by molar-refractivity contribution is 7.99. The van der Waals surface area contributed by atoms with E-state index in [0.29, 0.717) is 0 Å². The number of nitrogens with one attached hydrogen (secondary N) is 1. The van der Waals surface area contributed by atoms with Gasteiger partial charge in [0.15, 0.2) is 0 Å². The minimum atomic E-state index is 1.18. The third-order valence-corrected chi connectivity index (χ3v) is 4.53. The van der Waals surface area contributed by atoms with Crippen molar-refractivity contribution < 1.29 is 0 Å². The summed E-state index contributed by atoms with van der Waals surface area (Å²) in [6.45, 7) is 10.1. The van der Waals surface area contributed by atoms with Crippen LogP contribution in [0.5, 0.6) is 0 Å². The Kier molecular flexibility index (Phi) is 5.97. The molecule has 0 aromatic rings. The monoisotopic (exact) mass is 243 g/mol. The standard InChI is InChI=1S/C12H25N3S/c1-3-13-4-7-14(5-1)8-9-15-6-2-11-16-12-10-15/h13H,1-12H2. The molecule has 2 aliphatic heterocycles. The fourth-order valence-corrected chi connectivity index (χ4v) is 3.35. The zero-order chi connectivity index (χ0) is 11.1. The van der Waals surface area contributed by atoms with Crippen molar-refractivity contribution in [3.63, 3.8) is 0 Å². The average Bonchev–Trinajstić information content (AvgIpc) is 2.71. The minimum absolute atomic E-state index is 1.18. The van der Waals surface area contributed by atoms with Crippen molar-refractivity contribution in [3.05, 3.63) is 0 Å². The van der Waals surface area contributed by atoms with Crippen LogP contribution in [-0.4, -0.2) is 73.7 Å². The molecular weight excluding hydrogens is 218 g/mol. The number of rotatable bonds is 3. The van der Waals surface area contributed by atoms with E-state index >= 15 is 0 Å². The van der Waals surface area contributed by atoms with Crippen LogP contribution in [0.1, 0.15) is 12.8 Å². The van der Waals surface area contributed by atoms with Gasteiger partial charge in [0.2, 0.25) is 0 Å². The molecule has 2 rings (SSSR count). The van der Waals surface area contributed by atoms with Crippen LogP contribution in [0.3, 0.4) is 0 Å². The van der Waals surface area contributed by atoms with E-state index in [9.17, 15) is 0 Å². The zero-order valence-electron chi connectivity index (χ0n) is 10.3. The van der Waals surface area contributed by atoms with Crippen molar-refractivity contribution in [2.75, 3.05) is 63.9 Å². The molecule has 0 saturated carbocycles. The quantitative estimate of drug-likeness (QED) is 0.787. The van der Waals surface area contributed by atoms with Gasteiger partial charge < -0.3 is 15.1 Å². The third-order valence-electron chi connectivity index (χ3n) is 3.48. The lowest BCUT2D eigenvalue weighted by Gasteiger charge is -2.25. The first-order chi connectivity index (χ1) is 7.95. The lowest BCUT2D eigenvalue weighted by atomic mass is 10.3. The Labute approximate surface area is 104 Å². The summed E-state index contributed by atoms with van der Waals surface area (Å²) in [5.41, 5.74) is 0. The first-order valence-electron chi connectivity index (χ1n) is 6.68. The van der Waals surface area contributed by atoms with Crippen LogP contribution in [-0.2, 0) is 0 Å². The molecule has 2 aliphatic rings. The molecule has 2 fully saturated rings. The van der Waals surface area contributed by atoms with Crippen molar-refractivity contribution in [2.24, 2.45) is 0 Å². The highest BCUT2D eigenvalue weighted by Crippen LogP contribution is 2.09. The van der Waals surface area contributed by atoms with E-state index in [-0.39, 0.29) is 0 Å². The van der Waals surface area contributed by atoms with Gasteiger partial charge in [-0.2, -0.15) is 11.8 Å². The van der Waals surface area contributed by atoms with Gasteiger partial charge in [0, 0.05) is 38.5 Å². The van der Waals surface area contributed by atoms with Gasteiger partial charge in [0.05, 0.1) is 0 Å². The Balaban J connectivity index is 1.64. The predicted molar refractivity (Wildman–Crippen MR) is 72.3 cm³/mol. The van der Waals surface area contributed by atoms with Gasteiger partial charge in [-0.05, 0) is 38.2 Å². The maximum Gasteiger partial charge on any atom is 0.0110 e. The molecule has 16 heavy (non-hydrogen) atoms. The van der Waals surface area contributed by atoms with E-state index in [0.717, 1.165) is 0 Å². The predicted octanol–water partition coefficient (Wildman–Crippen LogP) is 0.721. The van der Waals surface area contributed by atoms with Crippen LogP contribution in [0, 0.1) is 0 Å². The SMILES string of the molecule is C1CNCCN(CCN2CCCSCC2)C1. The molecular formula is C12H25N3S. The smallest absolute Gasteiger partial charge is 0.0110 e. The van der Waals surface area contributed by atoms with Crippen LogP contribution in [0.2, 0.25) is 0 Å². The van der Waals surface area contributed by atoms with Gasteiger partial charge >= 0.3 is 0 Å². The molecule has 4 heteroatoms. The van der Waals surface area contributed by atoms with Crippen molar-refractivity contribution in [1.82, 2.24) is 15.1 Å². The van der Waals surface area contributed by atoms with Gasteiger partial charge in [-0.3, -0.25) is 0 Å². The second-order valence-electron chi connectivity index (χ2n) is 4.75. The summed E-state index contributed by atoms with van der Waals surface area (Å²) >= 11 is 2.12. The van der Waals surface area contributed by atoms with Crippen LogP contribution < -0.4 is 5.32 Å². The van der Waals surface area contributed by atoms with E-state index in [1.54, 1.807) is 0 Å². The van der Waals surface area contributed by atoms with E-state index < -0.39 is 0 Å². The summed E-state index contributed by atoms with van der Waals surface area (Å²) in [7, 11) is 0. The maximum atomic E-state index is 3.47. The molecule has 0 radical (unpaired) electrons. The van der Waals surface area contributed by atoms with E-state index in [4.69, 9.17) is 0 Å². The summed E-state index contributed by atoms with van der Waals surface area (Å²) in [6, 6.07) is 0. The summed E-state index contributed by atoms with van der Waals surface area (Å²) in [6.07, 6.45) is 2.70. The summed E-state index contributed by atoms with van der Waals surface area (Å²) in [5, 5.41) is 3.47.